The van der Waals surface area contributed by atoms with E-state index in [2.05, 4.69) is 25.1 Å². The van der Waals surface area contributed by atoms with Crippen molar-refractivity contribution in [2.24, 2.45) is 23.0 Å². The number of ether oxygens (including phenoxy) is 1. The van der Waals surface area contributed by atoms with Gasteiger partial charge in [-0.25, -0.2) is 0 Å². The average Bonchev–Trinajstić information content (AvgIpc) is 2.77. The van der Waals surface area contributed by atoms with E-state index < -0.39 is 0 Å². The Morgan fingerprint density at radius 1 is 1.32 bits per heavy atom. The van der Waals surface area contributed by atoms with Crippen molar-refractivity contribution in [2.45, 2.75) is 57.1 Å². The van der Waals surface area contributed by atoms with E-state index in [0.717, 1.165) is 25.0 Å². The number of hydrogen-bond donors (Lipinski definition) is 2. The van der Waals surface area contributed by atoms with Gasteiger partial charge < -0.3 is 15.6 Å². The Kier molecular flexibility index (Phi) is 3.28. The zero-order valence-electron chi connectivity index (χ0n) is 13.6. The Bertz CT molecular complexity index is 587. The average molecular weight is 301 g/mol. The van der Waals surface area contributed by atoms with Gasteiger partial charge in [0.25, 0.3) is 0 Å². The highest BCUT2D eigenvalue weighted by atomic mass is 16.5. The molecule has 120 valence electrons. The first-order chi connectivity index (χ1) is 10.5. The number of nitrogens with two attached hydrogens (primary N) is 1. The van der Waals surface area contributed by atoms with Crippen molar-refractivity contribution in [1.82, 2.24) is 0 Å². The minimum Gasteiger partial charge on any atom is -0.497 e. The summed E-state index contributed by atoms with van der Waals surface area (Å²) in [6.45, 7) is 2.27. The van der Waals surface area contributed by atoms with Gasteiger partial charge in [-0.1, -0.05) is 13.0 Å². The Labute approximate surface area is 132 Å². The summed E-state index contributed by atoms with van der Waals surface area (Å²) in [5, 5.41) is 10.6. The van der Waals surface area contributed by atoms with Gasteiger partial charge in [-0.05, 0) is 78.5 Å². The number of aliphatic hydroxyl groups excluding tert-OH is 1. The van der Waals surface area contributed by atoms with Gasteiger partial charge in [0.05, 0.1) is 13.2 Å². The van der Waals surface area contributed by atoms with Crippen molar-refractivity contribution >= 4 is 0 Å². The number of aryl methyl sites for hydroxylation is 1. The molecule has 0 bridgehead atoms. The minimum absolute atomic E-state index is 0.0323. The predicted octanol–water partition coefficient (Wildman–Crippen LogP) is 2.85. The maximum absolute atomic E-state index is 10.6. The van der Waals surface area contributed by atoms with Crippen LogP contribution in [-0.4, -0.2) is 24.4 Å². The smallest absolute Gasteiger partial charge is 0.119 e. The van der Waals surface area contributed by atoms with Crippen LogP contribution in [0.25, 0.3) is 0 Å². The number of fused-ring (bicyclic) bond motifs is 5. The summed E-state index contributed by atoms with van der Waals surface area (Å²) in [7, 11) is 1.74. The Morgan fingerprint density at radius 2 is 2.14 bits per heavy atom. The second-order valence-corrected chi connectivity index (χ2v) is 7.87. The molecular formula is C19H27NO2. The number of rotatable bonds is 1. The van der Waals surface area contributed by atoms with Crippen LogP contribution in [0.5, 0.6) is 5.75 Å². The van der Waals surface area contributed by atoms with Crippen molar-refractivity contribution in [3.05, 3.63) is 29.3 Å². The molecule has 3 nitrogen and oxygen atoms in total. The van der Waals surface area contributed by atoms with Gasteiger partial charge in [0.1, 0.15) is 5.75 Å². The quantitative estimate of drug-likeness (QED) is 0.838. The van der Waals surface area contributed by atoms with Gasteiger partial charge in [-0.3, -0.25) is 0 Å². The van der Waals surface area contributed by atoms with Crippen LogP contribution in [0, 0.1) is 17.3 Å². The molecule has 0 spiro atoms. The molecule has 22 heavy (non-hydrogen) atoms. The maximum Gasteiger partial charge on any atom is 0.119 e. The topological polar surface area (TPSA) is 55.5 Å². The summed E-state index contributed by atoms with van der Waals surface area (Å²) < 4.78 is 5.38. The third-order valence-electron chi connectivity index (χ3n) is 6.98. The lowest BCUT2D eigenvalue weighted by molar-refractivity contribution is -0.0256. The molecule has 0 saturated heterocycles. The van der Waals surface area contributed by atoms with Crippen molar-refractivity contribution < 1.29 is 9.84 Å². The number of hydrogen-bond acceptors (Lipinski definition) is 3. The third-order valence-corrected chi connectivity index (χ3v) is 6.98. The SMILES string of the molecule is COc1ccc2c(c1)CC[C@@H]1[C@@H]2CC[C@]2(C)[C@H](O)[C@@H](N)C[C@@H]12. The molecule has 3 heteroatoms. The molecule has 0 amide bonds. The van der Waals surface area contributed by atoms with Crippen LogP contribution in [0.3, 0.4) is 0 Å². The zero-order valence-corrected chi connectivity index (χ0v) is 13.6. The highest BCUT2D eigenvalue weighted by molar-refractivity contribution is 5.40. The van der Waals surface area contributed by atoms with Crippen molar-refractivity contribution in [1.29, 1.82) is 0 Å². The summed E-state index contributed by atoms with van der Waals surface area (Å²) in [5.74, 6) is 2.87. The van der Waals surface area contributed by atoms with E-state index in [4.69, 9.17) is 10.5 Å². The molecule has 0 heterocycles. The van der Waals surface area contributed by atoms with Gasteiger partial charge in [-0.2, -0.15) is 0 Å². The monoisotopic (exact) mass is 301 g/mol. The Hall–Kier alpha value is -1.06. The second-order valence-electron chi connectivity index (χ2n) is 7.87. The third kappa shape index (κ3) is 1.88. The lowest BCUT2D eigenvalue weighted by Crippen LogP contribution is -2.45. The molecular weight excluding hydrogens is 274 g/mol. The second kappa shape index (κ2) is 4.97. The first kappa shape index (κ1) is 14.5. The van der Waals surface area contributed by atoms with Crippen LogP contribution in [0.2, 0.25) is 0 Å². The fourth-order valence-corrected chi connectivity index (χ4v) is 5.76. The predicted molar refractivity (Wildman–Crippen MR) is 87.0 cm³/mol. The summed E-state index contributed by atoms with van der Waals surface area (Å²) in [6.07, 6.45) is 5.30. The Morgan fingerprint density at radius 3 is 2.91 bits per heavy atom. The van der Waals surface area contributed by atoms with E-state index in [1.54, 1.807) is 7.11 Å². The lowest BCUT2D eigenvalue weighted by atomic mass is 9.55. The highest BCUT2D eigenvalue weighted by Crippen LogP contribution is 2.60. The summed E-state index contributed by atoms with van der Waals surface area (Å²) in [6, 6.07) is 6.56. The van der Waals surface area contributed by atoms with Crippen LogP contribution >= 0.6 is 0 Å². The first-order valence-electron chi connectivity index (χ1n) is 8.65. The first-order valence-corrected chi connectivity index (χ1v) is 8.65. The number of aliphatic hydroxyl groups is 1. The number of benzene rings is 1. The van der Waals surface area contributed by atoms with E-state index in [-0.39, 0.29) is 17.6 Å². The highest BCUT2D eigenvalue weighted by Gasteiger charge is 2.57. The Balaban J connectivity index is 1.69. The zero-order chi connectivity index (χ0) is 15.5. The standard InChI is InChI=1S/C19H27NO2/c1-19-8-7-14-13-6-4-12(22-2)9-11(13)3-5-15(14)16(19)10-17(20)18(19)21/h4,6,9,14-18,21H,3,5,7-8,10,20H2,1-2H3/t14-,15-,16+,17+,18-,19+/m1/s1. The van der Waals surface area contributed by atoms with E-state index in [1.807, 2.05) is 0 Å². The van der Waals surface area contributed by atoms with Crippen molar-refractivity contribution in [3.8, 4) is 5.75 Å². The van der Waals surface area contributed by atoms with E-state index in [1.165, 1.54) is 24.0 Å². The van der Waals surface area contributed by atoms with Crippen LogP contribution < -0.4 is 10.5 Å². The minimum atomic E-state index is -0.323. The molecule has 4 rings (SSSR count). The molecule has 2 fully saturated rings. The molecule has 0 radical (unpaired) electrons. The molecule has 0 unspecified atom stereocenters. The normalized spacial score (nSPS) is 43.2. The number of methoxy groups -OCH3 is 1. The lowest BCUT2D eigenvalue weighted by Gasteiger charge is -2.50. The van der Waals surface area contributed by atoms with Crippen molar-refractivity contribution in [2.75, 3.05) is 7.11 Å². The van der Waals surface area contributed by atoms with E-state index in [0.29, 0.717) is 17.8 Å². The van der Waals surface area contributed by atoms with Crippen LogP contribution in [0.1, 0.15) is 49.7 Å². The van der Waals surface area contributed by atoms with Gasteiger partial charge in [0.15, 0.2) is 0 Å². The molecule has 0 aromatic heterocycles. The van der Waals surface area contributed by atoms with E-state index in [9.17, 15) is 5.11 Å². The molecule has 3 aliphatic carbocycles. The van der Waals surface area contributed by atoms with Crippen LogP contribution in [-0.2, 0) is 6.42 Å². The molecule has 3 aliphatic rings. The maximum atomic E-state index is 10.6. The fraction of sp³-hybridized carbons (Fsp3) is 0.684. The van der Waals surface area contributed by atoms with Crippen LogP contribution in [0.4, 0.5) is 0 Å². The van der Waals surface area contributed by atoms with Crippen molar-refractivity contribution in [3.63, 3.8) is 0 Å². The van der Waals surface area contributed by atoms with Gasteiger partial charge in [0, 0.05) is 6.04 Å². The summed E-state index contributed by atoms with van der Waals surface area (Å²) >= 11 is 0. The largest absolute Gasteiger partial charge is 0.497 e. The molecule has 1 aromatic rings. The summed E-state index contributed by atoms with van der Waals surface area (Å²) in [4.78, 5) is 0. The molecule has 6 atom stereocenters. The molecule has 1 aromatic carbocycles. The summed E-state index contributed by atoms with van der Waals surface area (Å²) in [5.41, 5.74) is 9.23. The van der Waals surface area contributed by atoms with Gasteiger partial charge in [0.2, 0.25) is 0 Å². The molecule has 0 aliphatic heterocycles. The molecule has 3 N–H and O–H groups in total. The van der Waals surface area contributed by atoms with E-state index >= 15 is 0 Å². The van der Waals surface area contributed by atoms with Gasteiger partial charge in [-0.15, -0.1) is 0 Å². The fourth-order valence-electron chi connectivity index (χ4n) is 5.76. The van der Waals surface area contributed by atoms with Crippen LogP contribution in [0.15, 0.2) is 18.2 Å². The molecule has 2 saturated carbocycles. The van der Waals surface area contributed by atoms with Gasteiger partial charge >= 0.3 is 0 Å².